The van der Waals surface area contributed by atoms with Gasteiger partial charge in [-0.3, -0.25) is 4.90 Å². The van der Waals surface area contributed by atoms with Gasteiger partial charge in [0.1, 0.15) is 0 Å². The average Bonchev–Trinajstić information content (AvgIpc) is 3.69. The lowest BCUT2D eigenvalue weighted by atomic mass is 9.94. The minimum absolute atomic E-state index is 0.468. The smallest absolute Gasteiger partial charge is 0.238 e. The first-order valence-electron chi connectivity index (χ1n) is 20.6. The van der Waals surface area contributed by atoms with Crippen molar-refractivity contribution < 1.29 is 0 Å². The van der Waals surface area contributed by atoms with Crippen LogP contribution in [0.1, 0.15) is 0 Å². The van der Waals surface area contributed by atoms with Gasteiger partial charge < -0.3 is 4.57 Å². The summed E-state index contributed by atoms with van der Waals surface area (Å²) in [6.07, 6.45) is 0. The van der Waals surface area contributed by atoms with Crippen LogP contribution < -0.4 is 4.90 Å². The van der Waals surface area contributed by atoms with E-state index in [9.17, 15) is 0 Å². The lowest BCUT2D eigenvalue weighted by Crippen LogP contribution is -2.15. The number of hydrogen-bond acceptors (Lipinski definition) is 4. The average molecular weight is 791 g/mol. The van der Waals surface area contributed by atoms with Crippen molar-refractivity contribution in [3.05, 3.63) is 218 Å². The van der Waals surface area contributed by atoms with Gasteiger partial charge in [-0.25, -0.2) is 9.83 Å². The highest BCUT2D eigenvalue weighted by Gasteiger charge is 2.22. The van der Waals surface area contributed by atoms with E-state index in [4.69, 9.17) is 21.5 Å². The molecule has 0 amide bonds. The first-order valence-corrected chi connectivity index (χ1v) is 20.6. The van der Waals surface area contributed by atoms with Crippen molar-refractivity contribution >= 4 is 77.1 Å². The Morgan fingerprint density at radius 2 is 0.968 bits per heavy atom. The molecule has 0 bridgehead atoms. The molecule has 10 aromatic carbocycles. The third-order valence-electron chi connectivity index (χ3n) is 12.0. The molecular weight excluding hydrogens is 757 g/mol. The standard InChI is InChI=1S/C56H34N6/c1-57-44-25-29-47(30-26-44)61(56-59-54(42-20-18-36-10-5-7-12-40(36)34-42)58-55(60-56)43-21-19-37-11-6-8-13-41(37)35-43)46-27-22-38(23-28-46)48-32-33-51-53-49(48)31-24-39-14-9-17-50(52(39)53)62(51)45-15-3-2-4-16-45/h2-35H. The van der Waals surface area contributed by atoms with Crippen molar-refractivity contribution in [3.8, 4) is 39.6 Å². The highest BCUT2D eigenvalue weighted by Crippen LogP contribution is 2.43. The zero-order valence-corrected chi connectivity index (χ0v) is 33.3. The van der Waals surface area contributed by atoms with Gasteiger partial charge >= 0.3 is 0 Å². The molecule has 0 radical (unpaired) electrons. The molecule has 0 unspecified atom stereocenters. The van der Waals surface area contributed by atoms with Gasteiger partial charge in [-0.1, -0.05) is 146 Å². The molecular formula is C56H34N6. The fraction of sp³-hybridized carbons (Fsp3) is 0. The minimum Gasteiger partial charge on any atom is -0.309 e. The largest absolute Gasteiger partial charge is 0.309 e. The monoisotopic (exact) mass is 790 g/mol. The van der Waals surface area contributed by atoms with Gasteiger partial charge in [0.05, 0.1) is 17.6 Å². The number of hydrogen-bond donors (Lipinski definition) is 0. The van der Waals surface area contributed by atoms with Gasteiger partial charge in [-0.2, -0.15) is 9.97 Å². The molecule has 0 spiro atoms. The third kappa shape index (κ3) is 5.83. The van der Waals surface area contributed by atoms with Crippen LogP contribution in [0.5, 0.6) is 0 Å². The molecule has 0 fully saturated rings. The van der Waals surface area contributed by atoms with Crippen LogP contribution in [0.3, 0.4) is 0 Å². The molecule has 0 N–H and O–H groups in total. The fourth-order valence-electron chi connectivity index (χ4n) is 9.02. The number of anilines is 3. The summed E-state index contributed by atoms with van der Waals surface area (Å²) in [7, 11) is 0. The number of benzene rings is 10. The van der Waals surface area contributed by atoms with Crippen LogP contribution in [0.25, 0.3) is 98.6 Å². The predicted molar refractivity (Wildman–Crippen MR) is 255 cm³/mol. The second kappa shape index (κ2) is 14.3. The summed E-state index contributed by atoms with van der Waals surface area (Å²) in [6, 6.07) is 71.7. The Hall–Kier alpha value is -8.66. The van der Waals surface area contributed by atoms with E-state index in [1.807, 2.05) is 48.5 Å². The maximum absolute atomic E-state index is 7.67. The maximum Gasteiger partial charge on any atom is 0.238 e. The minimum atomic E-state index is 0.468. The van der Waals surface area contributed by atoms with Gasteiger partial charge in [0.25, 0.3) is 0 Å². The van der Waals surface area contributed by atoms with Crippen LogP contribution in [-0.2, 0) is 0 Å². The molecule has 288 valence electrons. The van der Waals surface area contributed by atoms with Crippen molar-refractivity contribution in [2.75, 3.05) is 4.90 Å². The van der Waals surface area contributed by atoms with Gasteiger partial charge in [0, 0.05) is 39.0 Å². The van der Waals surface area contributed by atoms with E-state index >= 15 is 0 Å². The Balaban J connectivity index is 1.03. The van der Waals surface area contributed by atoms with Gasteiger partial charge in [-0.05, 0) is 104 Å². The quantitative estimate of drug-likeness (QED) is 0.119. The summed E-state index contributed by atoms with van der Waals surface area (Å²) in [5, 5.41) is 9.47. The normalized spacial score (nSPS) is 11.5. The van der Waals surface area contributed by atoms with Crippen LogP contribution in [0.4, 0.5) is 23.0 Å². The van der Waals surface area contributed by atoms with Crippen LogP contribution >= 0.6 is 0 Å². The van der Waals surface area contributed by atoms with Crippen molar-refractivity contribution in [2.45, 2.75) is 0 Å². The topological polar surface area (TPSA) is 51.2 Å². The molecule has 12 rings (SSSR count). The van der Waals surface area contributed by atoms with E-state index in [1.54, 1.807) is 0 Å². The van der Waals surface area contributed by atoms with Gasteiger partial charge in [0.2, 0.25) is 5.95 Å². The molecule has 0 saturated heterocycles. The van der Waals surface area contributed by atoms with Gasteiger partial charge in [0.15, 0.2) is 17.3 Å². The summed E-state index contributed by atoms with van der Waals surface area (Å²) in [4.78, 5) is 21.3. The zero-order chi connectivity index (χ0) is 41.1. The maximum atomic E-state index is 7.67. The van der Waals surface area contributed by atoms with Crippen LogP contribution in [0.15, 0.2) is 206 Å². The summed E-state index contributed by atoms with van der Waals surface area (Å²) in [6.45, 7) is 7.67. The van der Waals surface area contributed by atoms with Crippen molar-refractivity contribution in [2.24, 2.45) is 0 Å². The molecule has 2 aromatic heterocycles. The molecule has 12 aromatic rings. The molecule has 62 heavy (non-hydrogen) atoms. The number of aromatic nitrogens is 4. The van der Waals surface area contributed by atoms with Gasteiger partial charge in [-0.15, -0.1) is 0 Å². The van der Waals surface area contributed by atoms with E-state index in [1.165, 1.54) is 32.6 Å². The summed E-state index contributed by atoms with van der Waals surface area (Å²) in [5.74, 6) is 1.60. The second-order valence-electron chi connectivity index (χ2n) is 15.6. The Morgan fingerprint density at radius 1 is 0.419 bits per heavy atom. The number of nitrogens with zero attached hydrogens (tertiary/aromatic N) is 6. The van der Waals surface area contributed by atoms with Crippen molar-refractivity contribution in [1.82, 2.24) is 19.5 Å². The highest BCUT2D eigenvalue weighted by atomic mass is 15.3. The Bertz CT molecular complexity index is 3600. The summed E-state index contributed by atoms with van der Waals surface area (Å²) in [5.41, 5.74) is 9.83. The van der Waals surface area contributed by atoms with Crippen molar-refractivity contribution in [1.29, 1.82) is 0 Å². The third-order valence-corrected chi connectivity index (χ3v) is 12.0. The Kier molecular flexibility index (Phi) is 8.12. The SMILES string of the molecule is [C-]#[N+]c1ccc(N(c2ccc(-c3ccc4c5c3ccc3cccc(c35)n4-c3ccccc3)cc2)c2nc(-c3ccc4ccccc4c3)nc(-c3ccc4ccccc4c3)n2)cc1. The molecule has 2 heterocycles. The van der Waals surface area contributed by atoms with E-state index in [0.29, 0.717) is 23.3 Å². The van der Waals surface area contributed by atoms with E-state index < -0.39 is 0 Å². The van der Waals surface area contributed by atoms with E-state index in [-0.39, 0.29) is 0 Å². The van der Waals surface area contributed by atoms with Crippen LogP contribution in [-0.4, -0.2) is 19.5 Å². The summed E-state index contributed by atoms with van der Waals surface area (Å²) < 4.78 is 2.38. The van der Waals surface area contributed by atoms with Crippen LogP contribution in [0, 0.1) is 6.57 Å². The molecule has 6 nitrogen and oxygen atoms in total. The molecule has 0 aliphatic heterocycles. The number of fused-ring (bicyclic) bond motifs is 2. The zero-order valence-electron chi connectivity index (χ0n) is 33.3. The van der Waals surface area contributed by atoms with E-state index in [2.05, 4.69) is 172 Å². The van der Waals surface area contributed by atoms with Crippen LogP contribution in [0.2, 0.25) is 0 Å². The molecule has 0 aliphatic rings. The number of rotatable bonds is 7. The summed E-state index contributed by atoms with van der Waals surface area (Å²) >= 11 is 0. The lowest BCUT2D eigenvalue weighted by molar-refractivity contribution is 1.02. The molecule has 0 aliphatic carbocycles. The molecule has 0 atom stereocenters. The first-order chi connectivity index (χ1) is 30.7. The van der Waals surface area contributed by atoms with E-state index in [0.717, 1.165) is 60.9 Å². The highest BCUT2D eigenvalue weighted by molar-refractivity contribution is 6.26. The second-order valence-corrected chi connectivity index (χ2v) is 15.6. The fourth-order valence-corrected chi connectivity index (χ4v) is 9.02. The lowest BCUT2D eigenvalue weighted by Gasteiger charge is -2.24. The Morgan fingerprint density at radius 3 is 1.61 bits per heavy atom. The Labute approximate surface area is 357 Å². The molecule has 6 heteroatoms. The number of para-hydroxylation sites is 1. The first kappa shape index (κ1) is 35.3. The van der Waals surface area contributed by atoms with Crippen molar-refractivity contribution in [3.63, 3.8) is 0 Å². The molecule has 0 saturated carbocycles. The predicted octanol–water partition coefficient (Wildman–Crippen LogP) is 14.9.